The topological polar surface area (TPSA) is 93.0 Å². The number of unbranched alkanes of at least 4 members (excludes halogenated alkanes) is 2. The molecule has 0 fully saturated rings. The summed E-state index contributed by atoms with van der Waals surface area (Å²) in [6.45, 7) is 6.24. The second-order valence-corrected chi connectivity index (χ2v) is 13.9. The van der Waals surface area contributed by atoms with Gasteiger partial charge in [-0.2, -0.15) is 0 Å². The lowest BCUT2D eigenvalue weighted by Crippen LogP contribution is -2.44. The van der Waals surface area contributed by atoms with Gasteiger partial charge in [-0.3, -0.25) is 19.6 Å². The van der Waals surface area contributed by atoms with Crippen LogP contribution >= 0.6 is 0 Å². The Morgan fingerprint density at radius 3 is 1.92 bits per heavy atom. The number of carbonyl (C=O) groups excluding carboxylic acids is 2. The molecular formula is C42H42N4O5. The Hall–Kier alpha value is -5.44. The zero-order valence-electron chi connectivity index (χ0n) is 29.4. The third-order valence-corrected chi connectivity index (χ3v) is 10.5. The zero-order chi connectivity index (χ0) is 35.1. The summed E-state index contributed by atoms with van der Waals surface area (Å²) in [5, 5.41) is 0. The molecular weight excluding hydrogens is 640 g/mol. The number of aliphatic imine (C=N–C) groups is 2. The largest absolute Gasteiger partial charge is 0.493 e. The number of hydrogen-bond acceptors (Lipinski definition) is 7. The van der Waals surface area contributed by atoms with Crippen LogP contribution in [0.4, 0.5) is 11.4 Å². The van der Waals surface area contributed by atoms with Gasteiger partial charge < -0.3 is 24.0 Å². The van der Waals surface area contributed by atoms with Crippen molar-refractivity contribution in [3.05, 3.63) is 111 Å². The van der Waals surface area contributed by atoms with Crippen molar-refractivity contribution in [3.63, 3.8) is 0 Å². The molecule has 2 amide bonds. The van der Waals surface area contributed by atoms with Crippen LogP contribution < -0.4 is 14.2 Å². The summed E-state index contributed by atoms with van der Waals surface area (Å²) in [7, 11) is 1.59. The summed E-state index contributed by atoms with van der Waals surface area (Å²) < 4.78 is 18.0. The van der Waals surface area contributed by atoms with Gasteiger partial charge in [-0.25, -0.2) is 0 Å². The van der Waals surface area contributed by atoms with Crippen molar-refractivity contribution < 1.29 is 23.8 Å². The van der Waals surface area contributed by atoms with Crippen LogP contribution in [0, 0.1) is 13.8 Å². The lowest BCUT2D eigenvalue weighted by molar-refractivity contribution is 0.0696. The molecule has 2 unspecified atom stereocenters. The number of nitrogens with zero attached hydrogens (tertiary/aromatic N) is 4. The third-order valence-electron chi connectivity index (χ3n) is 10.5. The van der Waals surface area contributed by atoms with E-state index in [0.717, 1.165) is 43.4 Å². The molecule has 0 saturated heterocycles. The molecule has 0 aliphatic carbocycles. The quantitative estimate of drug-likeness (QED) is 0.171. The molecule has 51 heavy (non-hydrogen) atoms. The number of rotatable bonds is 9. The monoisotopic (exact) mass is 682 g/mol. The van der Waals surface area contributed by atoms with Crippen LogP contribution in [0.2, 0.25) is 0 Å². The van der Waals surface area contributed by atoms with Gasteiger partial charge in [0.25, 0.3) is 11.8 Å². The van der Waals surface area contributed by atoms with Crippen LogP contribution in [0.5, 0.6) is 17.2 Å². The minimum Gasteiger partial charge on any atom is -0.493 e. The van der Waals surface area contributed by atoms with Crippen LogP contribution in [-0.2, 0) is 25.9 Å². The molecule has 4 aliphatic heterocycles. The van der Waals surface area contributed by atoms with E-state index in [2.05, 4.69) is 37.3 Å². The van der Waals surface area contributed by atoms with Gasteiger partial charge in [-0.05, 0) is 85.9 Å². The number of carbonyl (C=O) groups is 2. The summed E-state index contributed by atoms with van der Waals surface area (Å²) >= 11 is 0. The summed E-state index contributed by atoms with van der Waals surface area (Å²) in [6, 6.07) is 22.0. The van der Waals surface area contributed by atoms with Crippen molar-refractivity contribution in [1.29, 1.82) is 0 Å². The molecule has 0 saturated carbocycles. The first-order valence-corrected chi connectivity index (χ1v) is 17.8. The van der Waals surface area contributed by atoms with Crippen molar-refractivity contribution in [2.45, 2.75) is 71.1 Å². The Balaban J connectivity index is 0.854. The molecule has 9 heteroatoms. The highest BCUT2D eigenvalue weighted by atomic mass is 16.5. The van der Waals surface area contributed by atoms with Crippen LogP contribution in [0.15, 0.2) is 76.7 Å². The molecule has 8 rings (SSSR count). The smallest absolute Gasteiger partial charge is 0.257 e. The van der Waals surface area contributed by atoms with Gasteiger partial charge in [0, 0.05) is 37.7 Å². The number of benzene rings is 4. The fourth-order valence-electron chi connectivity index (χ4n) is 7.59. The van der Waals surface area contributed by atoms with Crippen molar-refractivity contribution >= 4 is 35.6 Å². The van der Waals surface area contributed by atoms with E-state index < -0.39 is 0 Å². The maximum atomic E-state index is 13.7. The lowest BCUT2D eigenvalue weighted by atomic mass is 9.93. The molecule has 4 aromatic carbocycles. The van der Waals surface area contributed by atoms with E-state index in [9.17, 15) is 9.59 Å². The van der Waals surface area contributed by atoms with Crippen LogP contribution in [0.1, 0.15) is 73.4 Å². The number of hydrogen-bond donors (Lipinski definition) is 0. The molecule has 0 N–H and O–H groups in total. The molecule has 260 valence electrons. The van der Waals surface area contributed by atoms with Gasteiger partial charge in [0.05, 0.1) is 54.9 Å². The van der Waals surface area contributed by atoms with Crippen LogP contribution in [-0.4, -0.2) is 66.5 Å². The minimum absolute atomic E-state index is 0.0120. The van der Waals surface area contributed by atoms with Gasteiger partial charge in [-0.15, -0.1) is 0 Å². The van der Waals surface area contributed by atoms with Crippen molar-refractivity contribution in [1.82, 2.24) is 9.80 Å². The Bertz CT molecular complexity index is 2090. The van der Waals surface area contributed by atoms with Gasteiger partial charge in [0.2, 0.25) is 0 Å². The van der Waals surface area contributed by atoms with E-state index in [4.69, 9.17) is 24.2 Å². The first-order valence-electron chi connectivity index (χ1n) is 17.8. The summed E-state index contributed by atoms with van der Waals surface area (Å²) in [6.07, 6.45) is 7.88. The second kappa shape index (κ2) is 13.7. The average Bonchev–Trinajstić information content (AvgIpc) is 3.35. The Morgan fingerprint density at radius 1 is 0.647 bits per heavy atom. The maximum Gasteiger partial charge on any atom is 0.257 e. The molecule has 0 spiro atoms. The number of ether oxygens (including phenoxy) is 3. The van der Waals surface area contributed by atoms with Gasteiger partial charge in [0.1, 0.15) is 5.75 Å². The highest BCUT2D eigenvalue weighted by Gasteiger charge is 2.34. The number of aryl methyl sites for hydroxylation is 2. The van der Waals surface area contributed by atoms with Crippen LogP contribution in [0.25, 0.3) is 0 Å². The molecule has 4 aliphatic rings. The van der Waals surface area contributed by atoms with E-state index >= 15 is 0 Å². The van der Waals surface area contributed by atoms with Crippen molar-refractivity contribution in [3.8, 4) is 17.2 Å². The first kappa shape index (κ1) is 32.7. The number of amides is 2. The molecule has 4 heterocycles. The molecule has 0 bridgehead atoms. The fraction of sp³-hybridized carbons (Fsp3) is 0.333. The van der Waals surface area contributed by atoms with E-state index in [-0.39, 0.29) is 23.9 Å². The lowest BCUT2D eigenvalue weighted by Gasteiger charge is -2.34. The van der Waals surface area contributed by atoms with Gasteiger partial charge in [0.15, 0.2) is 11.5 Å². The van der Waals surface area contributed by atoms with E-state index in [1.54, 1.807) is 13.2 Å². The van der Waals surface area contributed by atoms with E-state index in [1.807, 2.05) is 59.5 Å². The minimum atomic E-state index is -0.0942. The average molecular weight is 683 g/mol. The van der Waals surface area contributed by atoms with Crippen molar-refractivity contribution in [2.75, 3.05) is 20.3 Å². The Kier molecular flexibility index (Phi) is 8.80. The van der Waals surface area contributed by atoms with E-state index in [1.165, 1.54) is 27.8 Å². The first-order chi connectivity index (χ1) is 24.9. The molecule has 0 aromatic heterocycles. The Labute approximate surface area is 298 Å². The maximum absolute atomic E-state index is 13.7. The van der Waals surface area contributed by atoms with Crippen LogP contribution in [0.3, 0.4) is 0 Å². The highest BCUT2D eigenvalue weighted by Crippen LogP contribution is 2.39. The Morgan fingerprint density at radius 2 is 1.24 bits per heavy atom. The summed E-state index contributed by atoms with van der Waals surface area (Å²) in [4.78, 5) is 40.7. The summed E-state index contributed by atoms with van der Waals surface area (Å²) in [5.41, 5.74) is 9.43. The second-order valence-electron chi connectivity index (χ2n) is 13.9. The standard InChI is InChI=1S/C42H42N4O5/c1-26-11-12-29-18-33-23-44-37-21-40(39(49-3)19-35(37)42(48)46(33)25-31(29)15-26)51-14-8-4-7-13-50-38-20-36-34(16-27(38)2)41(47)45-24-30-10-6-5-9-28(30)17-32(45)22-43-36/h5-6,9-12,15-16,19-23,32-33H,4,7-8,13-14,17-18,24-25H2,1-3H3. The van der Waals surface area contributed by atoms with E-state index in [0.29, 0.717) is 60.3 Å². The SMILES string of the molecule is COc1cc2c(cc1OCCCCCOc1cc3c(cc1C)C(=O)N1Cc4ccccc4CC1C=N3)N=CC1Cc3ccc(C)cc3CN1C2=O. The summed E-state index contributed by atoms with van der Waals surface area (Å²) in [5.74, 6) is 1.81. The predicted molar refractivity (Wildman–Crippen MR) is 198 cm³/mol. The number of fused-ring (bicyclic) bond motifs is 6. The molecule has 9 nitrogen and oxygen atoms in total. The molecule has 2 atom stereocenters. The molecule has 0 radical (unpaired) electrons. The zero-order valence-corrected chi connectivity index (χ0v) is 29.4. The third kappa shape index (κ3) is 6.37. The highest BCUT2D eigenvalue weighted by molar-refractivity contribution is 6.04. The van der Waals surface area contributed by atoms with Gasteiger partial charge in [-0.1, -0.05) is 48.0 Å². The van der Waals surface area contributed by atoms with Gasteiger partial charge >= 0.3 is 0 Å². The molecule has 4 aromatic rings. The predicted octanol–water partition coefficient (Wildman–Crippen LogP) is 7.51. The number of methoxy groups -OCH3 is 1. The fourth-order valence-corrected chi connectivity index (χ4v) is 7.59. The van der Waals surface area contributed by atoms with Crippen molar-refractivity contribution in [2.24, 2.45) is 9.98 Å². The normalized spacial score (nSPS) is 18.4.